The first-order valence-electron chi connectivity index (χ1n) is 9.28. The van der Waals surface area contributed by atoms with Gasteiger partial charge in [-0.15, -0.1) is 0 Å². The van der Waals surface area contributed by atoms with Gasteiger partial charge in [0, 0.05) is 17.9 Å². The Morgan fingerprint density at radius 3 is 2.40 bits per heavy atom. The summed E-state index contributed by atoms with van der Waals surface area (Å²) in [5.74, 6) is 1.62. The van der Waals surface area contributed by atoms with E-state index in [1.54, 1.807) is 0 Å². The zero-order valence-electron chi connectivity index (χ0n) is 16.5. The molecule has 142 valence electrons. The number of carbonyl (C=O) groups excluding carboxylic acids is 1. The minimum Gasteiger partial charge on any atom is -0.460 e. The van der Waals surface area contributed by atoms with E-state index in [-0.39, 0.29) is 19.0 Å². The first kappa shape index (κ1) is 20.0. The lowest BCUT2D eigenvalue weighted by atomic mass is 9.67. The van der Waals surface area contributed by atoms with E-state index in [0.717, 1.165) is 24.2 Å². The van der Waals surface area contributed by atoms with Gasteiger partial charge in [0.05, 0.1) is 18.7 Å². The number of aliphatic hydroxyl groups excluding tert-OH is 1. The molecule has 0 saturated heterocycles. The molecule has 2 rings (SSSR count). The number of carbonyl (C=O) groups is 1. The number of aromatic nitrogens is 1. The molecule has 1 heterocycles. The Bertz CT molecular complexity index is 586. The quantitative estimate of drug-likeness (QED) is 0.770. The number of aliphatic hydroxyl groups is 1. The zero-order chi connectivity index (χ0) is 18.8. The Kier molecular flexibility index (Phi) is 5.97. The van der Waals surface area contributed by atoms with Gasteiger partial charge in [0.1, 0.15) is 11.4 Å². The summed E-state index contributed by atoms with van der Waals surface area (Å²) in [5, 5.41) is 13.9. The van der Waals surface area contributed by atoms with Crippen molar-refractivity contribution in [2.24, 2.45) is 11.3 Å². The third kappa shape index (κ3) is 5.84. The van der Waals surface area contributed by atoms with Crippen molar-refractivity contribution in [1.82, 2.24) is 5.16 Å². The Morgan fingerprint density at radius 2 is 1.88 bits per heavy atom. The predicted molar refractivity (Wildman–Crippen MR) is 96.1 cm³/mol. The fourth-order valence-corrected chi connectivity index (χ4v) is 3.64. The number of nitrogens with zero attached hydrogens (tertiary/aromatic N) is 1. The van der Waals surface area contributed by atoms with Crippen molar-refractivity contribution in [1.29, 1.82) is 0 Å². The summed E-state index contributed by atoms with van der Waals surface area (Å²) < 4.78 is 10.9. The third-order valence-corrected chi connectivity index (χ3v) is 4.55. The van der Waals surface area contributed by atoms with Crippen LogP contribution in [0.3, 0.4) is 0 Å². The topological polar surface area (TPSA) is 72.6 Å². The zero-order valence-corrected chi connectivity index (χ0v) is 16.5. The number of ether oxygens (including phenoxy) is 1. The highest BCUT2D eigenvalue weighted by molar-refractivity contribution is 5.70. The SMILES string of the molecule is CC(C)(C)CC1CC(c2onc(CCC(=O)OC(C)(C)C)c2CO)C1. The molecule has 1 fully saturated rings. The molecule has 1 aliphatic carbocycles. The summed E-state index contributed by atoms with van der Waals surface area (Å²) in [6.45, 7) is 12.3. The molecule has 0 aliphatic heterocycles. The van der Waals surface area contributed by atoms with Gasteiger partial charge in [-0.05, 0) is 51.4 Å². The van der Waals surface area contributed by atoms with Crippen molar-refractivity contribution in [3.8, 4) is 0 Å². The molecule has 1 N–H and O–H groups in total. The predicted octanol–water partition coefficient (Wildman–Crippen LogP) is 4.37. The van der Waals surface area contributed by atoms with Gasteiger partial charge in [0.25, 0.3) is 0 Å². The first-order valence-corrected chi connectivity index (χ1v) is 9.28. The Labute approximate surface area is 151 Å². The maximum atomic E-state index is 11.9. The molecule has 0 radical (unpaired) electrons. The minimum atomic E-state index is -0.486. The first-order chi connectivity index (χ1) is 11.5. The summed E-state index contributed by atoms with van der Waals surface area (Å²) in [5.41, 5.74) is 1.31. The van der Waals surface area contributed by atoms with Crippen LogP contribution in [0.1, 0.15) is 90.2 Å². The summed E-state index contributed by atoms with van der Waals surface area (Å²) in [4.78, 5) is 11.9. The van der Waals surface area contributed by atoms with Crippen LogP contribution in [0.15, 0.2) is 4.52 Å². The van der Waals surface area contributed by atoms with Crippen LogP contribution < -0.4 is 0 Å². The molecule has 1 saturated carbocycles. The van der Waals surface area contributed by atoms with E-state index in [0.29, 0.717) is 29.4 Å². The van der Waals surface area contributed by atoms with Crippen molar-refractivity contribution < 1.29 is 19.2 Å². The monoisotopic (exact) mass is 351 g/mol. The van der Waals surface area contributed by atoms with Gasteiger partial charge in [0.2, 0.25) is 0 Å². The van der Waals surface area contributed by atoms with E-state index in [2.05, 4.69) is 25.9 Å². The van der Waals surface area contributed by atoms with Crippen LogP contribution in [0, 0.1) is 11.3 Å². The molecule has 0 aromatic carbocycles. The molecular weight excluding hydrogens is 318 g/mol. The molecule has 0 atom stereocenters. The van der Waals surface area contributed by atoms with E-state index >= 15 is 0 Å². The van der Waals surface area contributed by atoms with Gasteiger partial charge in [-0.3, -0.25) is 4.79 Å². The van der Waals surface area contributed by atoms with Gasteiger partial charge < -0.3 is 14.4 Å². The van der Waals surface area contributed by atoms with E-state index in [1.807, 2.05) is 20.8 Å². The maximum absolute atomic E-state index is 11.9. The summed E-state index contributed by atoms with van der Waals surface area (Å²) in [6, 6.07) is 0. The van der Waals surface area contributed by atoms with Gasteiger partial charge in [-0.2, -0.15) is 0 Å². The van der Waals surface area contributed by atoms with Crippen LogP contribution in [-0.2, 0) is 22.6 Å². The summed E-state index contributed by atoms with van der Waals surface area (Å²) in [7, 11) is 0. The van der Waals surface area contributed by atoms with Gasteiger partial charge in [0.15, 0.2) is 0 Å². The minimum absolute atomic E-state index is 0.0943. The van der Waals surface area contributed by atoms with Crippen LogP contribution in [0.2, 0.25) is 0 Å². The van der Waals surface area contributed by atoms with E-state index in [1.165, 1.54) is 6.42 Å². The molecule has 0 amide bonds. The van der Waals surface area contributed by atoms with Crippen LogP contribution in [0.4, 0.5) is 0 Å². The lowest BCUT2D eigenvalue weighted by molar-refractivity contribution is -0.154. The van der Waals surface area contributed by atoms with Gasteiger partial charge in [-0.25, -0.2) is 0 Å². The number of esters is 1. The Morgan fingerprint density at radius 1 is 1.24 bits per heavy atom. The molecule has 1 aliphatic rings. The van der Waals surface area contributed by atoms with Crippen LogP contribution in [-0.4, -0.2) is 21.8 Å². The summed E-state index contributed by atoms with van der Waals surface area (Å²) >= 11 is 0. The molecule has 25 heavy (non-hydrogen) atoms. The fourth-order valence-electron chi connectivity index (χ4n) is 3.64. The number of hydrogen-bond acceptors (Lipinski definition) is 5. The average Bonchev–Trinajstić information content (AvgIpc) is 2.79. The molecular formula is C20H33NO4. The van der Waals surface area contributed by atoms with E-state index in [4.69, 9.17) is 9.26 Å². The highest BCUT2D eigenvalue weighted by atomic mass is 16.6. The lowest BCUT2D eigenvalue weighted by Gasteiger charge is -2.38. The molecule has 0 bridgehead atoms. The van der Waals surface area contributed by atoms with Crippen LogP contribution in [0.5, 0.6) is 0 Å². The van der Waals surface area contributed by atoms with Crippen molar-refractivity contribution in [2.75, 3.05) is 0 Å². The second kappa shape index (κ2) is 7.48. The maximum Gasteiger partial charge on any atom is 0.306 e. The fraction of sp³-hybridized carbons (Fsp3) is 0.800. The van der Waals surface area contributed by atoms with Crippen LogP contribution >= 0.6 is 0 Å². The second-order valence-corrected chi connectivity index (χ2v) is 9.52. The number of aryl methyl sites for hydroxylation is 1. The van der Waals surface area contributed by atoms with Crippen molar-refractivity contribution >= 4 is 5.97 Å². The Hall–Kier alpha value is -1.36. The highest BCUT2D eigenvalue weighted by Gasteiger charge is 2.37. The van der Waals surface area contributed by atoms with Crippen LogP contribution in [0.25, 0.3) is 0 Å². The number of rotatable bonds is 6. The smallest absolute Gasteiger partial charge is 0.306 e. The Balaban J connectivity index is 1.92. The molecule has 1 aromatic heterocycles. The third-order valence-electron chi connectivity index (χ3n) is 4.55. The largest absolute Gasteiger partial charge is 0.460 e. The molecule has 5 nitrogen and oxygen atoms in total. The molecule has 0 unspecified atom stereocenters. The van der Waals surface area contributed by atoms with Crippen molar-refractivity contribution in [2.45, 2.75) is 91.8 Å². The number of hydrogen-bond donors (Lipinski definition) is 1. The lowest BCUT2D eigenvalue weighted by Crippen LogP contribution is -2.26. The van der Waals surface area contributed by atoms with Crippen molar-refractivity contribution in [3.63, 3.8) is 0 Å². The standard InChI is InChI=1S/C20H33NO4/c1-19(2,3)11-13-9-14(10-13)18-15(12-22)16(21-25-18)7-8-17(23)24-20(4,5)6/h13-14,22H,7-12H2,1-6H3. The van der Waals surface area contributed by atoms with Crippen molar-refractivity contribution in [3.05, 3.63) is 17.0 Å². The average molecular weight is 351 g/mol. The molecule has 1 aromatic rings. The second-order valence-electron chi connectivity index (χ2n) is 9.52. The highest BCUT2D eigenvalue weighted by Crippen LogP contribution is 2.47. The van der Waals surface area contributed by atoms with Gasteiger partial charge in [-0.1, -0.05) is 25.9 Å². The normalized spacial score (nSPS) is 21.1. The summed E-state index contributed by atoms with van der Waals surface area (Å²) in [6.07, 6.45) is 4.06. The molecule has 5 heteroatoms. The van der Waals surface area contributed by atoms with Gasteiger partial charge >= 0.3 is 5.97 Å². The van der Waals surface area contributed by atoms with E-state index in [9.17, 15) is 9.90 Å². The molecule has 0 spiro atoms. The van der Waals surface area contributed by atoms with E-state index < -0.39 is 5.60 Å².